The number of cyclic esters (lactones) is 1. The second-order valence-electron chi connectivity index (χ2n) is 8.86. The minimum atomic E-state index is -1.51. The van der Waals surface area contributed by atoms with Crippen molar-refractivity contribution in [2.75, 3.05) is 23.4 Å². The lowest BCUT2D eigenvalue weighted by Crippen LogP contribution is -2.40. The largest absolute Gasteiger partial charge is 0.593 e. The molecule has 1 aromatic heterocycles. The van der Waals surface area contributed by atoms with Gasteiger partial charge in [0.2, 0.25) is 5.91 Å². The number of aromatic nitrogens is 1. The van der Waals surface area contributed by atoms with E-state index in [-0.39, 0.29) is 17.5 Å². The number of benzene rings is 2. The molecule has 1 saturated heterocycles. The Morgan fingerprint density at radius 3 is 2.56 bits per heavy atom. The molecule has 0 aliphatic carbocycles. The van der Waals surface area contributed by atoms with Crippen LogP contribution in [-0.4, -0.2) is 40.2 Å². The molecular formula is C24H26N4O4S2. The fourth-order valence-electron chi connectivity index (χ4n) is 3.44. The first-order valence-corrected chi connectivity index (χ1v) is 12.7. The van der Waals surface area contributed by atoms with E-state index in [2.05, 4.69) is 15.0 Å². The van der Waals surface area contributed by atoms with Crippen LogP contribution >= 0.6 is 11.3 Å². The van der Waals surface area contributed by atoms with Gasteiger partial charge in [0.15, 0.2) is 4.90 Å². The molecule has 4 rings (SSSR count). The van der Waals surface area contributed by atoms with Gasteiger partial charge in [0.25, 0.3) is 0 Å². The summed E-state index contributed by atoms with van der Waals surface area (Å²) < 4.78 is 21.3. The smallest absolute Gasteiger partial charge is 0.414 e. The van der Waals surface area contributed by atoms with Crippen LogP contribution in [0.1, 0.15) is 27.7 Å². The van der Waals surface area contributed by atoms with Crippen LogP contribution in [0.15, 0.2) is 53.6 Å². The van der Waals surface area contributed by atoms with Crippen molar-refractivity contribution in [3.8, 4) is 21.0 Å². The fourth-order valence-corrected chi connectivity index (χ4v) is 5.74. The number of nitrogens with one attached hydrogen (secondary N) is 2. The van der Waals surface area contributed by atoms with Crippen molar-refractivity contribution >= 4 is 46.1 Å². The predicted octanol–water partition coefficient (Wildman–Crippen LogP) is 4.80. The molecule has 2 amide bonds. The maximum absolute atomic E-state index is 13.2. The molecule has 8 nitrogen and oxygen atoms in total. The molecule has 0 radical (unpaired) electrons. The molecular weight excluding hydrogens is 472 g/mol. The van der Waals surface area contributed by atoms with Gasteiger partial charge in [-0.1, -0.05) is 0 Å². The number of carbonyl (C=O) groups is 2. The number of thiazole rings is 1. The quantitative estimate of drug-likeness (QED) is 0.473. The molecule has 2 heterocycles. The van der Waals surface area contributed by atoms with Crippen LogP contribution in [0.3, 0.4) is 0 Å². The van der Waals surface area contributed by atoms with E-state index < -0.39 is 11.4 Å². The summed E-state index contributed by atoms with van der Waals surface area (Å²) in [5.74, 6) is -0.195. The molecule has 0 spiro atoms. The first-order chi connectivity index (χ1) is 16.1. The molecule has 1 aliphatic rings. The third-order valence-electron chi connectivity index (χ3n) is 4.86. The number of ether oxygens (including phenoxy) is 1. The van der Waals surface area contributed by atoms with Crippen LogP contribution in [0, 0.1) is 0 Å². The Morgan fingerprint density at radius 1 is 1.21 bits per heavy atom. The van der Waals surface area contributed by atoms with Gasteiger partial charge >= 0.3 is 6.09 Å². The van der Waals surface area contributed by atoms with Gasteiger partial charge < -0.3 is 14.6 Å². The van der Waals surface area contributed by atoms with Gasteiger partial charge in [-0.2, -0.15) is 0 Å². The van der Waals surface area contributed by atoms with Gasteiger partial charge in [-0.05, 0) is 57.2 Å². The maximum atomic E-state index is 13.2. The summed E-state index contributed by atoms with van der Waals surface area (Å²) in [6.07, 6.45) is 1.42. The molecule has 0 saturated carbocycles. The van der Waals surface area contributed by atoms with Gasteiger partial charge in [0.05, 0.1) is 33.9 Å². The van der Waals surface area contributed by atoms with Crippen LogP contribution in [0.2, 0.25) is 0 Å². The van der Waals surface area contributed by atoms with E-state index in [1.807, 2.05) is 51.1 Å². The molecule has 10 heteroatoms. The lowest BCUT2D eigenvalue weighted by atomic mass is 10.1. The number of nitrogens with zero attached hydrogens (tertiary/aromatic N) is 2. The molecule has 1 aliphatic heterocycles. The van der Waals surface area contributed by atoms with Gasteiger partial charge in [-0.25, -0.2) is 9.78 Å². The van der Waals surface area contributed by atoms with E-state index in [9.17, 15) is 14.1 Å². The van der Waals surface area contributed by atoms with Crippen LogP contribution in [0.25, 0.3) is 21.0 Å². The van der Waals surface area contributed by atoms with Crippen molar-refractivity contribution < 1.29 is 18.9 Å². The average Bonchev–Trinajstić information content (AvgIpc) is 3.41. The highest BCUT2D eigenvalue weighted by atomic mass is 32.2. The highest BCUT2D eigenvalue weighted by Gasteiger charge is 2.26. The summed E-state index contributed by atoms with van der Waals surface area (Å²) >= 11 is -0.0239. The summed E-state index contributed by atoms with van der Waals surface area (Å²) in [4.78, 5) is 30.9. The maximum Gasteiger partial charge on any atom is 0.414 e. The average molecular weight is 499 g/mol. The Bertz CT molecular complexity index is 1200. The SMILES string of the molecule is CC(=O)Nc1ccc(-c2cnc(-c3ccc(N4CCOC4=O)cc3)s2)c([S+]([O-])NC(C)(C)C)c1. The van der Waals surface area contributed by atoms with Crippen LogP contribution in [0.4, 0.5) is 16.2 Å². The minimum Gasteiger partial charge on any atom is -0.593 e. The summed E-state index contributed by atoms with van der Waals surface area (Å²) in [6, 6.07) is 13.0. The van der Waals surface area contributed by atoms with Gasteiger partial charge in [0.1, 0.15) is 11.6 Å². The van der Waals surface area contributed by atoms with Crippen molar-refractivity contribution in [1.82, 2.24) is 9.71 Å². The second-order valence-corrected chi connectivity index (χ2v) is 11.1. The van der Waals surface area contributed by atoms with Gasteiger partial charge in [-0.15, -0.1) is 16.1 Å². The molecule has 34 heavy (non-hydrogen) atoms. The van der Waals surface area contributed by atoms with E-state index in [1.54, 1.807) is 23.2 Å². The van der Waals surface area contributed by atoms with Crippen molar-refractivity contribution in [2.24, 2.45) is 0 Å². The Hall–Kier alpha value is -2.92. The Morgan fingerprint density at radius 2 is 1.94 bits per heavy atom. The van der Waals surface area contributed by atoms with E-state index in [0.717, 1.165) is 26.7 Å². The monoisotopic (exact) mass is 498 g/mol. The van der Waals surface area contributed by atoms with Crippen molar-refractivity contribution in [3.63, 3.8) is 0 Å². The first kappa shape index (κ1) is 24.2. The molecule has 178 valence electrons. The Balaban J connectivity index is 1.64. The number of rotatable bonds is 6. The molecule has 3 aromatic rings. The van der Waals surface area contributed by atoms with Crippen LogP contribution in [-0.2, 0) is 20.9 Å². The zero-order valence-corrected chi connectivity index (χ0v) is 21.0. The highest BCUT2D eigenvalue weighted by molar-refractivity contribution is 7.89. The second kappa shape index (κ2) is 9.75. The Kier molecular flexibility index (Phi) is 6.94. The fraction of sp³-hybridized carbons (Fsp3) is 0.292. The van der Waals surface area contributed by atoms with Crippen LogP contribution < -0.4 is 14.9 Å². The predicted molar refractivity (Wildman–Crippen MR) is 135 cm³/mol. The summed E-state index contributed by atoms with van der Waals surface area (Å²) in [5.41, 5.74) is 2.69. The van der Waals surface area contributed by atoms with E-state index in [0.29, 0.717) is 23.7 Å². The van der Waals surface area contributed by atoms with E-state index in [4.69, 9.17) is 4.74 Å². The first-order valence-electron chi connectivity index (χ1n) is 10.7. The number of anilines is 2. The third kappa shape index (κ3) is 5.58. The van der Waals surface area contributed by atoms with E-state index >= 15 is 0 Å². The summed E-state index contributed by atoms with van der Waals surface area (Å²) in [7, 11) is 0. The molecule has 1 unspecified atom stereocenters. The summed E-state index contributed by atoms with van der Waals surface area (Å²) in [6.45, 7) is 8.20. The molecule has 1 atom stereocenters. The third-order valence-corrected chi connectivity index (χ3v) is 7.47. The standard InChI is InChI=1S/C24H26N4O4S2/c1-15(29)26-17-7-10-19(21(13-17)34(31)27-24(2,3)4)20-14-25-22(33-20)16-5-8-18(9-6-16)28-11-12-32-23(28)30/h5-10,13-14,27H,11-12H2,1-4H3,(H,26,29). The zero-order valence-electron chi connectivity index (χ0n) is 19.4. The van der Waals surface area contributed by atoms with Crippen LogP contribution in [0.5, 0.6) is 0 Å². The normalized spacial score (nSPS) is 14.7. The zero-order chi connectivity index (χ0) is 24.5. The lowest BCUT2D eigenvalue weighted by Gasteiger charge is -2.23. The van der Waals surface area contributed by atoms with Crippen molar-refractivity contribution in [2.45, 2.75) is 38.1 Å². The van der Waals surface area contributed by atoms with Gasteiger partial charge in [0, 0.05) is 36.1 Å². The molecule has 0 bridgehead atoms. The number of hydrogen-bond donors (Lipinski definition) is 2. The number of carbonyl (C=O) groups excluding carboxylic acids is 2. The summed E-state index contributed by atoms with van der Waals surface area (Å²) in [5, 5.41) is 3.56. The van der Waals surface area contributed by atoms with Crippen molar-refractivity contribution in [3.05, 3.63) is 48.7 Å². The molecule has 1 fully saturated rings. The lowest BCUT2D eigenvalue weighted by molar-refractivity contribution is -0.114. The van der Waals surface area contributed by atoms with Crippen molar-refractivity contribution in [1.29, 1.82) is 0 Å². The number of amides is 2. The van der Waals surface area contributed by atoms with E-state index in [1.165, 1.54) is 18.3 Å². The minimum absolute atomic E-state index is 0.195. The highest BCUT2D eigenvalue weighted by Crippen LogP contribution is 2.37. The molecule has 2 N–H and O–H groups in total. The Labute approximate surface area is 205 Å². The van der Waals surface area contributed by atoms with Gasteiger partial charge in [-0.3, -0.25) is 9.69 Å². The molecule has 2 aromatic carbocycles. The number of hydrogen-bond acceptors (Lipinski definition) is 7. The topological polar surface area (TPSA) is 107 Å².